The second-order valence-electron chi connectivity index (χ2n) is 5.27. The Bertz CT molecular complexity index is 517. The minimum atomic E-state index is -1.82. The van der Waals surface area contributed by atoms with Crippen molar-refractivity contribution in [2.75, 3.05) is 26.2 Å². The number of hydrogen-bond acceptors (Lipinski definition) is 4. The van der Waals surface area contributed by atoms with Crippen molar-refractivity contribution in [1.29, 1.82) is 0 Å². The Balaban J connectivity index is 0.000000379. The summed E-state index contributed by atoms with van der Waals surface area (Å²) in [4.78, 5) is 20.7. The van der Waals surface area contributed by atoms with Crippen LogP contribution < -0.4 is 4.74 Å². The first-order valence-corrected chi connectivity index (χ1v) is 8.27. The molecule has 1 aromatic rings. The fraction of sp³-hybridized carbons (Fsp3) is 0.500. The van der Waals surface area contributed by atoms with Gasteiger partial charge in [-0.1, -0.05) is 22.4 Å². The van der Waals surface area contributed by atoms with Gasteiger partial charge in [-0.3, -0.25) is 4.90 Å². The molecule has 0 saturated carbocycles. The fourth-order valence-electron chi connectivity index (χ4n) is 2.24. The first-order valence-electron chi connectivity index (χ1n) is 7.47. The van der Waals surface area contributed by atoms with Crippen molar-refractivity contribution < 1.29 is 24.5 Å². The number of likely N-dealkylation sites (tertiary alicyclic amines) is 1. The molecule has 0 amide bonds. The van der Waals surface area contributed by atoms with E-state index < -0.39 is 11.9 Å². The molecular formula is C16H22BrNO5. The quantitative estimate of drug-likeness (QED) is 0.772. The van der Waals surface area contributed by atoms with E-state index >= 15 is 0 Å². The molecule has 1 heterocycles. The van der Waals surface area contributed by atoms with Gasteiger partial charge < -0.3 is 14.9 Å². The molecule has 2 N–H and O–H groups in total. The average Bonchev–Trinajstić information content (AvgIpc) is 2.51. The van der Waals surface area contributed by atoms with Crippen molar-refractivity contribution in [3.63, 3.8) is 0 Å². The smallest absolute Gasteiger partial charge is 0.414 e. The summed E-state index contributed by atoms with van der Waals surface area (Å²) < 4.78 is 6.94. The van der Waals surface area contributed by atoms with Gasteiger partial charge in [0.2, 0.25) is 0 Å². The minimum Gasteiger partial charge on any atom is -0.492 e. The van der Waals surface area contributed by atoms with Crippen molar-refractivity contribution >= 4 is 27.9 Å². The van der Waals surface area contributed by atoms with Gasteiger partial charge in [-0.05, 0) is 56.6 Å². The van der Waals surface area contributed by atoms with Gasteiger partial charge in [0.1, 0.15) is 12.4 Å². The lowest BCUT2D eigenvalue weighted by Gasteiger charge is -2.26. The number of ether oxygens (including phenoxy) is 1. The predicted molar refractivity (Wildman–Crippen MR) is 89.9 cm³/mol. The maximum Gasteiger partial charge on any atom is 0.414 e. The summed E-state index contributed by atoms with van der Waals surface area (Å²) in [6.45, 7) is 6.41. The molecule has 0 aliphatic carbocycles. The van der Waals surface area contributed by atoms with Gasteiger partial charge >= 0.3 is 11.9 Å². The molecule has 0 unspecified atom stereocenters. The van der Waals surface area contributed by atoms with Gasteiger partial charge in [-0.2, -0.15) is 0 Å². The second kappa shape index (κ2) is 10.2. The first-order chi connectivity index (χ1) is 10.9. The zero-order chi connectivity index (χ0) is 17.2. The summed E-state index contributed by atoms with van der Waals surface area (Å²) in [5, 5.41) is 14.8. The Morgan fingerprint density at radius 1 is 1.17 bits per heavy atom. The van der Waals surface area contributed by atoms with Gasteiger partial charge in [-0.15, -0.1) is 0 Å². The predicted octanol–water partition coefficient (Wildman–Crippen LogP) is 2.78. The van der Waals surface area contributed by atoms with Gasteiger partial charge in [0.15, 0.2) is 0 Å². The molecule has 1 aliphatic rings. The topological polar surface area (TPSA) is 87.1 Å². The van der Waals surface area contributed by atoms with Crippen LogP contribution in [0, 0.1) is 6.92 Å². The van der Waals surface area contributed by atoms with Crippen molar-refractivity contribution in [3.05, 3.63) is 28.2 Å². The molecule has 0 aromatic heterocycles. The molecule has 1 saturated heterocycles. The van der Waals surface area contributed by atoms with Crippen LogP contribution in [0.4, 0.5) is 0 Å². The lowest BCUT2D eigenvalue weighted by Crippen LogP contribution is -2.33. The number of hydrogen-bond donors (Lipinski definition) is 2. The number of halogens is 1. The average molecular weight is 388 g/mol. The Morgan fingerprint density at radius 2 is 1.78 bits per heavy atom. The summed E-state index contributed by atoms with van der Waals surface area (Å²) in [6, 6.07) is 6.16. The van der Waals surface area contributed by atoms with Crippen LogP contribution in [0.3, 0.4) is 0 Å². The normalized spacial score (nSPS) is 14.5. The van der Waals surface area contributed by atoms with E-state index in [1.165, 1.54) is 37.9 Å². The van der Waals surface area contributed by atoms with Gasteiger partial charge in [0.05, 0.1) is 0 Å². The van der Waals surface area contributed by atoms with E-state index in [1.807, 2.05) is 12.1 Å². The van der Waals surface area contributed by atoms with Crippen LogP contribution in [-0.2, 0) is 9.59 Å². The first kappa shape index (κ1) is 19.4. The monoisotopic (exact) mass is 387 g/mol. The summed E-state index contributed by atoms with van der Waals surface area (Å²) in [6.07, 6.45) is 4.08. The molecule has 0 spiro atoms. The number of carboxylic acids is 2. The lowest BCUT2D eigenvalue weighted by molar-refractivity contribution is -0.159. The highest BCUT2D eigenvalue weighted by Crippen LogP contribution is 2.22. The number of aryl methyl sites for hydroxylation is 1. The molecular weight excluding hydrogens is 366 g/mol. The maximum atomic E-state index is 9.10. The van der Waals surface area contributed by atoms with E-state index in [2.05, 4.69) is 33.8 Å². The van der Waals surface area contributed by atoms with Crippen LogP contribution in [-0.4, -0.2) is 53.3 Å². The zero-order valence-electron chi connectivity index (χ0n) is 13.1. The summed E-state index contributed by atoms with van der Waals surface area (Å²) in [5.74, 6) is -2.64. The number of carbonyl (C=O) groups is 2. The molecule has 0 atom stereocenters. The van der Waals surface area contributed by atoms with E-state index in [-0.39, 0.29) is 0 Å². The van der Waals surface area contributed by atoms with Gasteiger partial charge in [0.25, 0.3) is 0 Å². The number of benzene rings is 1. The van der Waals surface area contributed by atoms with Crippen LogP contribution in [0.5, 0.6) is 5.75 Å². The van der Waals surface area contributed by atoms with Gasteiger partial charge in [0, 0.05) is 11.0 Å². The van der Waals surface area contributed by atoms with E-state index in [0.717, 1.165) is 23.4 Å². The van der Waals surface area contributed by atoms with E-state index in [1.54, 1.807) is 0 Å². The standard InChI is InChI=1S/C14H20BrNO.C2H2O4/c1-12-11-13(15)5-6-14(12)17-10-9-16-7-3-2-4-8-16;3-1(4)2(5)6/h5-6,11H,2-4,7-10H2,1H3;(H,3,4)(H,5,6). The summed E-state index contributed by atoms with van der Waals surface area (Å²) in [5.41, 5.74) is 1.19. The molecule has 2 rings (SSSR count). The fourth-order valence-corrected chi connectivity index (χ4v) is 2.72. The highest BCUT2D eigenvalue weighted by molar-refractivity contribution is 9.10. The molecule has 7 heteroatoms. The summed E-state index contributed by atoms with van der Waals surface area (Å²) in [7, 11) is 0. The second-order valence-corrected chi connectivity index (χ2v) is 6.19. The van der Waals surface area contributed by atoms with Crippen LogP contribution in [0.1, 0.15) is 24.8 Å². The lowest BCUT2D eigenvalue weighted by atomic mass is 10.1. The number of rotatable bonds is 4. The molecule has 1 fully saturated rings. The summed E-state index contributed by atoms with van der Waals surface area (Å²) >= 11 is 3.46. The largest absolute Gasteiger partial charge is 0.492 e. The third kappa shape index (κ3) is 7.99. The molecule has 128 valence electrons. The molecule has 0 radical (unpaired) electrons. The number of nitrogens with zero attached hydrogens (tertiary/aromatic N) is 1. The Morgan fingerprint density at radius 3 is 2.30 bits per heavy atom. The molecule has 1 aliphatic heterocycles. The van der Waals surface area contributed by atoms with Crippen LogP contribution >= 0.6 is 15.9 Å². The van der Waals surface area contributed by atoms with Crippen molar-refractivity contribution in [2.24, 2.45) is 0 Å². The number of piperidine rings is 1. The maximum absolute atomic E-state index is 9.10. The van der Waals surface area contributed by atoms with Crippen molar-refractivity contribution in [1.82, 2.24) is 4.90 Å². The van der Waals surface area contributed by atoms with Gasteiger partial charge in [-0.25, -0.2) is 9.59 Å². The molecule has 1 aromatic carbocycles. The van der Waals surface area contributed by atoms with Crippen LogP contribution in [0.25, 0.3) is 0 Å². The Kier molecular flexibility index (Phi) is 8.65. The SMILES string of the molecule is Cc1cc(Br)ccc1OCCN1CCCCC1.O=C(O)C(=O)O. The van der Waals surface area contributed by atoms with Crippen LogP contribution in [0.15, 0.2) is 22.7 Å². The number of aliphatic carboxylic acids is 2. The molecule has 0 bridgehead atoms. The van der Waals surface area contributed by atoms with E-state index in [9.17, 15) is 0 Å². The third-order valence-corrected chi connectivity index (χ3v) is 3.93. The van der Waals surface area contributed by atoms with Crippen LogP contribution in [0.2, 0.25) is 0 Å². The molecule has 6 nitrogen and oxygen atoms in total. The number of carboxylic acid groups (broad SMARTS) is 2. The minimum absolute atomic E-state index is 0.794. The highest BCUT2D eigenvalue weighted by atomic mass is 79.9. The Hall–Kier alpha value is -1.60. The van der Waals surface area contributed by atoms with Crippen molar-refractivity contribution in [3.8, 4) is 5.75 Å². The Labute approximate surface area is 144 Å². The third-order valence-electron chi connectivity index (χ3n) is 3.43. The highest BCUT2D eigenvalue weighted by Gasteiger charge is 2.09. The van der Waals surface area contributed by atoms with E-state index in [0.29, 0.717) is 0 Å². The zero-order valence-corrected chi connectivity index (χ0v) is 14.7. The van der Waals surface area contributed by atoms with Crippen molar-refractivity contribution in [2.45, 2.75) is 26.2 Å². The van der Waals surface area contributed by atoms with E-state index in [4.69, 9.17) is 24.5 Å². The molecule has 23 heavy (non-hydrogen) atoms.